The lowest BCUT2D eigenvalue weighted by Crippen LogP contribution is -2.52. The molecular weight excluding hydrogens is 426 g/mol. The van der Waals surface area contributed by atoms with E-state index in [1.165, 1.54) is 5.56 Å². The van der Waals surface area contributed by atoms with Crippen LogP contribution >= 0.6 is 11.6 Å². The molecule has 1 fully saturated rings. The van der Waals surface area contributed by atoms with Gasteiger partial charge in [-0.05, 0) is 38.5 Å². The molecule has 0 spiro atoms. The number of carbonyl (C=O) groups excluding carboxylic acids is 1. The van der Waals surface area contributed by atoms with E-state index >= 15 is 0 Å². The summed E-state index contributed by atoms with van der Waals surface area (Å²) in [4.78, 5) is 21.8. The summed E-state index contributed by atoms with van der Waals surface area (Å²) in [6, 6.07) is 13.4. The first kappa shape index (κ1) is 22.5. The zero-order valence-electron chi connectivity index (χ0n) is 18.6. The second-order valence-electron chi connectivity index (χ2n) is 8.27. The smallest absolute Gasteiger partial charge is 0.241 e. The zero-order valence-corrected chi connectivity index (χ0v) is 19.4. The minimum Gasteiger partial charge on any atom is -0.338 e. The van der Waals surface area contributed by atoms with Crippen LogP contribution in [0.15, 0.2) is 47.0 Å². The maximum absolute atomic E-state index is 12.8. The average molecular weight is 454 g/mol. The van der Waals surface area contributed by atoms with Crippen molar-refractivity contribution >= 4 is 23.2 Å². The largest absolute Gasteiger partial charge is 0.338 e. The number of nitrogens with zero attached hydrogens (tertiary/aromatic N) is 4. The summed E-state index contributed by atoms with van der Waals surface area (Å²) in [5.41, 5.74) is 3.78. The van der Waals surface area contributed by atoms with Gasteiger partial charge in [-0.2, -0.15) is 4.98 Å². The number of amides is 1. The molecule has 2 heterocycles. The third-order valence-electron chi connectivity index (χ3n) is 6.00. The van der Waals surface area contributed by atoms with E-state index in [1.807, 2.05) is 63.2 Å². The van der Waals surface area contributed by atoms with Crippen LogP contribution in [0.1, 0.15) is 23.9 Å². The van der Waals surface area contributed by atoms with E-state index in [9.17, 15) is 4.79 Å². The minimum atomic E-state index is -0.230. The molecule has 8 heteroatoms. The first-order chi connectivity index (χ1) is 15.4. The van der Waals surface area contributed by atoms with E-state index < -0.39 is 0 Å². The highest BCUT2D eigenvalue weighted by Crippen LogP contribution is 2.23. The van der Waals surface area contributed by atoms with Crippen LogP contribution in [-0.2, 0) is 11.3 Å². The van der Waals surface area contributed by atoms with Crippen LogP contribution in [0.2, 0.25) is 5.02 Å². The average Bonchev–Trinajstić information content (AvgIpc) is 3.26. The summed E-state index contributed by atoms with van der Waals surface area (Å²) in [6.45, 7) is 9.75. The Hall–Kier alpha value is -2.74. The zero-order chi connectivity index (χ0) is 22.7. The first-order valence-corrected chi connectivity index (χ1v) is 11.2. The quantitative estimate of drug-likeness (QED) is 0.604. The molecule has 1 saturated heterocycles. The van der Waals surface area contributed by atoms with Crippen molar-refractivity contribution in [1.82, 2.24) is 19.9 Å². The fraction of sp³-hybridized carbons (Fsp3) is 0.375. The molecule has 1 aliphatic rings. The van der Waals surface area contributed by atoms with Crippen molar-refractivity contribution in [1.29, 1.82) is 0 Å². The second-order valence-corrected chi connectivity index (χ2v) is 8.67. The summed E-state index contributed by atoms with van der Waals surface area (Å²) < 4.78 is 5.46. The summed E-state index contributed by atoms with van der Waals surface area (Å²) in [7, 11) is 0. The van der Waals surface area contributed by atoms with Crippen LogP contribution in [0.5, 0.6) is 0 Å². The number of nitrogens with one attached hydrogen (secondary N) is 1. The molecule has 1 aromatic heterocycles. The van der Waals surface area contributed by atoms with Crippen molar-refractivity contribution in [2.24, 2.45) is 0 Å². The number of hydrogen-bond acceptors (Lipinski definition) is 6. The molecule has 168 valence electrons. The van der Waals surface area contributed by atoms with Crippen LogP contribution < -0.4 is 5.32 Å². The Kier molecular flexibility index (Phi) is 6.89. The molecule has 1 aliphatic heterocycles. The predicted molar refractivity (Wildman–Crippen MR) is 126 cm³/mol. The Balaban J connectivity index is 1.29. The second kappa shape index (κ2) is 9.81. The number of anilines is 1. The van der Waals surface area contributed by atoms with Crippen LogP contribution in [0.25, 0.3) is 11.4 Å². The van der Waals surface area contributed by atoms with Crippen molar-refractivity contribution in [3.63, 3.8) is 0 Å². The molecule has 2 aromatic carbocycles. The van der Waals surface area contributed by atoms with E-state index in [0.29, 0.717) is 23.3 Å². The first-order valence-electron chi connectivity index (χ1n) is 10.8. The Labute approximate surface area is 193 Å². The van der Waals surface area contributed by atoms with Crippen LogP contribution in [-0.4, -0.2) is 58.1 Å². The van der Waals surface area contributed by atoms with E-state index in [2.05, 4.69) is 25.3 Å². The summed E-state index contributed by atoms with van der Waals surface area (Å²) in [5, 5.41) is 7.77. The number of rotatable bonds is 6. The van der Waals surface area contributed by atoms with Gasteiger partial charge in [0.2, 0.25) is 17.6 Å². The molecule has 1 atom stereocenters. The van der Waals surface area contributed by atoms with E-state index in [4.69, 9.17) is 16.1 Å². The summed E-state index contributed by atoms with van der Waals surface area (Å²) in [6.07, 6.45) is 0. The Morgan fingerprint density at radius 1 is 1.12 bits per heavy atom. The molecule has 0 bridgehead atoms. The highest BCUT2D eigenvalue weighted by molar-refractivity contribution is 6.31. The van der Waals surface area contributed by atoms with Crippen molar-refractivity contribution < 1.29 is 9.32 Å². The third kappa shape index (κ3) is 5.18. The maximum Gasteiger partial charge on any atom is 0.241 e. The topological polar surface area (TPSA) is 74.5 Å². The lowest BCUT2D eigenvalue weighted by Gasteiger charge is -2.36. The van der Waals surface area contributed by atoms with Gasteiger partial charge in [-0.3, -0.25) is 14.6 Å². The molecule has 7 nitrogen and oxygen atoms in total. The van der Waals surface area contributed by atoms with Gasteiger partial charge in [-0.25, -0.2) is 0 Å². The molecule has 0 saturated carbocycles. The molecule has 4 rings (SSSR count). The fourth-order valence-corrected chi connectivity index (χ4v) is 3.96. The van der Waals surface area contributed by atoms with Gasteiger partial charge in [0.1, 0.15) is 0 Å². The van der Waals surface area contributed by atoms with Gasteiger partial charge in [0.15, 0.2) is 0 Å². The number of hydrogen-bond donors (Lipinski definition) is 1. The standard InChI is InChI=1S/C24H28ClN5O2/c1-16-7-9-19(10-8-16)23-27-22(32-28-23)15-29-11-13-30(14-12-29)18(3)24(31)26-21-6-4-5-20(25)17(21)2/h4-10,18H,11-15H2,1-3H3,(H,26,31). The Morgan fingerprint density at radius 2 is 1.84 bits per heavy atom. The van der Waals surface area contributed by atoms with Crippen LogP contribution in [0.3, 0.4) is 0 Å². The lowest BCUT2D eigenvalue weighted by atomic mass is 10.1. The number of benzene rings is 2. The molecule has 1 N–H and O–H groups in total. The van der Waals surface area contributed by atoms with Crippen molar-refractivity contribution in [3.8, 4) is 11.4 Å². The number of piperazine rings is 1. The highest BCUT2D eigenvalue weighted by Gasteiger charge is 2.26. The molecular formula is C24H28ClN5O2. The molecule has 1 amide bonds. The molecule has 32 heavy (non-hydrogen) atoms. The Morgan fingerprint density at radius 3 is 2.56 bits per heavy atom. The highest BCUT2D eigenvalue weighted by atomic mass is 35.5. The predicted octanol–water partition coefficient (Wildman–Crippen LogP) is 4.15. The summed E-state index contributed by atoms with van der Waals surface area (Å²) in [5.74, 6) is 1.19. The maximum atomic E-state index is 12.8. The molecule has 3 aromatic rings. The Bertz CT molecular complexity index is 1070. The van der Waals surface area contributed by atoms with Crippen molar-refractivity contribution in [2.45, 2.75) is 33.4 Å². The van der Waals surface area contributed by atoms with Gasteiger partial charge in [-0.15, -0.1) is 0 Å². The monoisotopic (exact) mass is 453 g/mol. The number of aryl methyl sites for hydroxylation is 1. The van der Waals surface area contributed by atoms with Crippen molar-refractivity contribution in [3.05, 3.63) is 64.5 Å². The fourth-order valence-electron chi connectivity index (χ4n) is 3.78. The lowest BCUT2D eigenvalue weighted by molar-refractivity contribution is -0.121. The number of aromatic nitrogens is 2. The van der Waals surface area contributed by atoms with Crippen molar-refractivity contribution in [2.75, 3.05) is 31.5 Å². The van der Waals surface area contributed by atoms with Gasteiger partial charge in [0.25, 0.3) is 0 Å². The molecule has 0 aliphatic carbocycles. The number of halogens is 1. The van der Waals surface area contributed by atoms with E-state index in [0.717, 1.165) is 43.0 Å². The SMILES string of the molecule is Cc1ccc(-c2noc(CN3CCN(C(C)C(=O)Nc4cccc(Cl)c4C)CC3)n2)cc1. The normalized spacial score (nSPS) is 16.1. The van der Waals surface area contributed by atoms with Crippen LogP contribution in [0, 0.1) is 13.8 Å². The van der Waals surface area contributed by atoms with Gasteiger partial charge in [0, 0.05) is 42.5 Å². The number of carbonyl (C=O) groups is 1. The van der Waals surface area contributed by atoms with Gasteiger partial charge in [0.05, 0.1) is 12.6 Å². The van der Waals surface area contributed by atoms with Gasteiger partial charge >= 0.3 is 0 Å². The minimum absolute atomic E-state index is 0.0246. The third-order valence-corrected chi connectivity index (χ3v) is 6.41. The van der Waals surface area contributed by atoms with Gasteiger partial charge in [-0.1, -0.05) is 52.7 Å². The van der Waals surface area contributed by atoms with E-state index in [1.54, 1.807) is 0 Å². The van der Waals surface area contributed by atoms with E-state index in [-0.39, 0.29) is 11.9 Å². The summed E-state index contributed by atoms with van der Waals surface area (Å²) >= 11 is 6.17. The van der Waals surface area contributed by atoms with Crippen LogP contribution in [0.4, 0.5) is 5.69 Å². The van der Waals surface area contributed by atoms with Gasteiger partial charge < -0.3 is 9.84 Å². The molecule has 1 unspecified atom stereocenters. The molecule has 0 radical (unpaired) electrons.